The van der Waals surface area contributed by atoms with E-state index in [9.17, 15) is 14.7 Å². The lowest BCUT2D eigenvalue weighted by Crippen LogP contribution is -2.50. The average molecular weight is 552 g/mol. The van der Waals surface area contributed by atoms with E-state index in [0.717, 1.165) is 35.2 Å². The second kappa shape index (κ2) is 9.77. The monoisotopic (exact) mass is 551 g/mol. The summed E-state index contributed by atoms with van der Waals surface area (Å²) in [5, 5.41) is 24.0. The number of rotatable bonds is 6. The number of amides is 1. The lowest BCUT2D eigenvalue weighted by Gasteiger charge is -2.38. The molecule has 4 heterocycles. The first-order chi connectivity index (χ1) is 19.9. The third-order valence-electron chi connectivity index (χ3n) is 8.03. The standard InChI is InChI=1S/C30H29N7O4/c1-19-33-34-27(41-19)23-4-2-3-22(15-23)20-7-9-24(10-8-20)37-26-25(16-32-37)29(39)36(18-31-26)17-30(40)11-13-35(14-12-30)28(38)21-5-6-21/h2-4,7-10,15-16,18,21,40H,5-6,11-14,17H2,1H3. The number of benzene rings is 2. The molecular weight excluding hydrogens is 522 g/mol. The minimum absolute atomic E-state index is 0.127. The van der Waals surface area contributed by atoms with Crippen molar-refractivity contribution >= 4 is 16.9 Å². The highest BCUT2D eigenvalue weighted by Gasteiger charge is 2.39. The maximum absolute atomic E-state index is 13.3. The van der Waals surface area contributed by atoms with Crippen LogP contribution >= 0.6 is 0 Å². The number of aromatic nitrogens is 6. The van der Waals surface area contributed by atoms with Crippen LogP contribution in [0.5, 0.6) is 0 Å². The molecule has 2 fully saturated rings. The van der Waals surface area contributed by atoms with Gasteiger partial charge in [-0.2, -0.15) is 5.10 Å². The van der Waals surface area contributed by atoms with E-state index in [1.807, 2.05) is 53.4 Å². The van der Waals surface area contributed by atoms with E-state index in [4.69, 9.17) is 4.42 Å². The van der Waals surface area contributed by atoms with Crippen molar-refractivity contribution in [1.82, 2.24) is 34.4 Å². The number of hydrogen-bond donors (Lipinski definition) is 1. The zero-order chi connectivity index (χ0) is 28.1. The number of fused-ring (bicyclic) bond motifs is 1. The Hall–Kier alpha value is -4.64. The number of carbonyl (C=O) groups excluding carboxylic acids is 1. The van der Waals surface area contributed by atoms with Crippen LogP contribution in [0.4, 0.5) is 0 Å². The third kappa shape index (κ3) is 4.82. The Morgan fingerprint density at radius 1 is 1.05 bits per heavy atom. The molecule has 1 aliphatic heterocycles. The van der Waals surface area contributed by atoms with E-state index in [2.05, 4.69) is 20.3 Å². The van der Waals surface area contributed by atoms with Crippen LogP contribution < -0.4 is 5.56 Å². The van der Waals surface area contributed by atoms with Gasteiger partial charge in [0.15, 0.2) is 5.65 Å². The van der Waals surface area contributed by atoms with E-state index in [-0.39, 0.29) is 23.9 Å². The second-order valence-electron chi connectivity index (χ2n) is 11.0. The number of aliphatic hydroxyl groups is 1. The molecule has 41 heavy (non-hydrogen) atoms. The molecule has 1 saturated heterocycles. The highest BCUT2D eigenvalue weighted by molar-refractivity contribution is 5.81. The van der Waals surface area contributed by atoms with E-state index < -0.39 is 5.60 Å². The van der Waals surface area contributed by atoms with Gasteiger partial charge in [0.1, 0.15) is 11.7 Å². The minimum atomic E-state index is -1.06. The molecule has 5 aromatic rings. The molecule has 1 N–H and O–H groups in total. The van der Waals surface area contributed by atoms with Crippen molar-refractivity contribution in [3.05, 3.63) is 77.3 Å². The van der Waals surface area contributed by atoms with Crippen LogP contribution in [0.2, 0.25) is 0 Å². The summed E-state index contributed by atoms with van der Waals surface area (Å²) in [5.74, 6) is 1.35. The number of carbonyl (C=O) groups is 1. The van der Waals surface area contributed by atoms with Gasteiger partial charge in [-0.15, -0.1) is 10.2 Å². The molecule has 1 saturated carbocycles. The topological polar surface area (TPSA) is 132 Å². The predicted octanol–water partition coefficient (Wildman–Crippen LogP) is 3.37. The summed E-state index contributed by atoms with van der Waals surface area (Å²) < 4.78 is 8.65. The summed E-state index contributed by atoms with van der Waals surface area (Å²) in [6.07, 6.45) is 5.79. The van der Waals surface area contributed by atoms with Gasteiger partial charge in [-0.25, -0.2) is 9.67 Å². The Morgan fingerprint density at radius 2 is 1.80 bits per heavy atom. The average Bonchev–Trinajstić information content (AvgIpc) is 3.61. The summed E-state index contributed by atoms with van der Waals surface area (Å²) in [5.41, 5.74) is 2.73. The van der Waals surface area contributed by atoms with Gasteiger partial charge >= 0.3 is 0 Å². The fourth-order valence-electron chi connectivity index (χ4n) is 5.50. The molecule has 2 aromatic carbocycles. The van der Waals surface area contributed by atoms with Crippen LogP contribution in [0.25, 0.3) is 39.3 Å². The molecule has 1 amide bonds. The summed E-state index contributed by atoms with van der Waals surface area (Å²) in [4.78, 5) is 32.1. The molecule has 0 bridgehead atoms. The van der Waals surface area contributed by atoms with Crippen LogP contribution in [0.3, 0.4) is 0 Å². The Labute approximate surface area is 235 Å². The lowest BCUT2D eigenvalue weighted by atomic mass is 9.91. The largest absolute Gasteiger partial charge is 0.421 e. The normalized spacial score (nSPS) is 16.8. The zero-order valence-corrected chi connectivity index (χ0v) is 22.6. The highest BCUT2D eigenvalue weighted by Crippen LogP contribution is 2.33. The molecule has 2 aliphatic rings. The lowest BCUT2D eigenvalue weighted by molar-refractivity contribution is -0.137. The molecule has 0 unspecified atom stereocenters. The van der Waals surface area contributed by atoms with Crippen LogP contribution in [0.1, 0.15) is 31.6 Å². The van der Waals surface area contributed by atoms with Gasteiger partial charge in [-0.05, 0) is 61.1 Å². The molecule has 1 aliphatic carbocycles. The van der Waals surface area contributed by atoms with Crippen molar-refractivity contribution in [3.63, 3.8) is 0 Å². The van der Waals surface area contributed by atoms with Gasteiger partial charge < -0.3 is 14.4 Å². The number of nitrogens with zero attached hydrogens (tertiary/aromatic N) is 7. The maximum Gasteiger partial charge on any atom is 0.264 e. The van der Waals surface area contributed by atoms with E-state index in [1.54, 1.807) is 11.6 Å². The summed E-state index contributed by atoms with van der Waals surface area (Å²) in [7, 11) is 0. The fraction of sp³-hybridized carbons (Fsp3) is 0.333. The van der Waals surface area contributed by atoms with Gasteiger partial charge in [-0.1, -0.05) is 24.3 Å². The van der Waals surface area contributed by atoms with Gasteiger partial charge in [0.05, 0.1) is 24.0 Å². The predicted molar refractivity (Wildman–Crippen MR) is 150 cm³/mol. The molecule has 0 radical (unpaired) electrons. The van der Waals surface area contributed by atoms with Gasteiger partial charge in [0, 0.05) is 31.5 Å². The molecule has 208 valence electrons. The van der Waals surface area contributed by atoms with Crippen LogP contribution in [-0.2, 0) is 11.3 Å². The first-order valence-electron chi connectivity index (χ1n) is 13.8. The number of likely N-dealkylation sites (tertiary alicyclic amines) is 1. The van der Waals surface area contributed by atoms with Crippen LogP contribution in [0, 0.1) is 12.8 Å². The number of hydrogen-bond acceptors (Lipinski definition) is 8. The number of aryl methyl sites for hydroxylation is 1. The third-order valence-corrected chi connectivity index (χ3v) is 8.03. The molecule has 11 nitrogen and oxygen atoms in total. The van der Waals surface area contributed by atoms with Crippen molar-refractivity contribution in [1.29, 1.82) is 0 Å². The first kappa shape index (κ1) is 25.3. The van der Waals surface area contributed by atoms with Crippen molar-refractivity contribution < 1.29 is 14.3 Å². The van der Waals surface area contributed by atoms with Crippen LogP contribution in [0.15, 0.2) is 70.3 Å². The Kier molecular flexibility index (Phi) is 6.04. The SMILES string of the molecule is Cc1nnc(-c2cccc(-c3ccc(-n4ncc5c(=O)n(CC6(O)CCN(C(=O)C7CC7)CC6)cnc54)cc3)c2)o1. The van der Waals surface area contributed by atoms with Crippen molar-refractivity contribution in [2.75, 3.05) is 13.1 Å². The minimum Gasteiger partial charge on any atom is -0.421 e. The van der Waals surface area contributed by atoms with E-state index in [0.29, 0.717) is 48.7 Å². The molecule has 0 atom stereocenters. The Bertz CT molecular complexity index is 1810. The smallest absolute Gasteiger partial charge is 0.264 e. The van der Waals surface area contributed by atoms with Crippen molar-refractivity contribution in [3.8, 4) is 28.3 Å². The second-order valence-corrected chi connectivity index (χ2v) is 11.0. The molecular formula is C30H29N7O4. The maximum atomic E-state index is 13.3. The Balaban J connectivity index is 1.09. The molecule has 0 spiro atoms. The highest BCUT2D eigenvalue weighted by atomic mass is 16.4. The first-order valence-corrected chi connectivity index (χ1v) is 13.8. The summed E-state index contributed by atoms with van der Waals surface area (Å²) >= 11 is 0. The van der Waals surface area contributed by atoms with Crippen molar-refractivity contribution in [2.45, 2.75) is 44.8 Å². The van der Waals surface area contributed by atoms with E-state index in [1.165, 1.54) is 17.1 Å². The molecule has 7 rings (SSSR count). The van der Waals surface area contributed by atoms with Gasteiger partial charge in [0.2, 0.25) is 17.7 Å². The summed E-state index contributed by atoms with van der Waals surface area (Å²) in [6, 6.07) is 15.7. The van der Waals surface area contributed by atoms with Gasteiger partial charge in [-0.3, -0.25) is 14.2 Å². The molecule has 11 heteroatoms. The quantitative estimate of drug-likeness (QED) is 0.340. The Morgan fingerprint density at radius 3 is 2.51 bits per heavy atom. The van der Waals surface area contributed by atoms with E-state index >= 15 is 0 Å². The van der Waals surface area contributed by atoms with Crippen LogP contribution in [-0.4, -0.2) is 64.1 Å². The summed E-state index contributed by atoms with van der Waals surface area (Å²) in [6.45, 7) is 2.90. The van der Waals surface area contributed by atoms with Crippen molar-refractivity contribution in [2.24, 2.45) is 5.92 Å². The molecule has 3 aromatic heterocycles. The fourth-order valence-corrected chi connectivity index (χ4v) is 5.50. The number of piperidine rings is 1. The zero-order valence-electron chi connectivity index (χ0n) is 22.6. The van der Waals surface area contributed by atoms with Gasteiger partial charge in [0.25, 0.3) is 5.56 Å².